The fourth-order valence-corrected chi connectivity index (χ4v) is 1.83. The lowest BCUT2D eigenvalue weighted by molar-refractivity contribution is 0.656. The van der Waals surface area contributed by atoms with Crippen LogP contribution < -0.4 is 10.6 Å². The van der Waals surface area contributed by atoms with Gasteiger partial charge >= 0.3 is 0 Å². The average Bonchev–Trinajstić information content (AvgIpc) is 2.65. The molecule has 0 aliphatic rings. The van der Waals surface area contributed by atoms with E-state index in [0.29, 0.717) is 0 Å². The minimum absolute atomic E-state index is 0.212. The zero-order valence-electron chi connectivity index (χ0n) is 10.6. The Bertz CT molecular complexity index is 503. The smallest absolute Gasteiger partial charge is 0.154 e. The second-order valence-electron chi connectivity index (χ2n) is 4.55. The zero-order chi connectivity index (χ0) is 12.4. The van der Waals surface area contributed by atoms with Gasteiger partial charge in [-0.15, -0.1) is 0 Å². The van der Waals surface area contributed by atoms with Crippen molar-refractivity contribution in [3.63, 3.8) is 0 Å². The maximum absolute atomic E-state index is 5.77. The molecule has 0 saturated carbocycles. The second-order valence-corrected chi connectivity index (χ2v) is 4.55. The summed E-state index contributed by atoms with van der Waals surface area (Å²) < 4.78 is 1.86. The molecule has 0 aliphatic carbocycles. The highest BCUT2D eigenvalue weighted by Gasteiger charge is 2.10. The van der Waals surface area contributed by atoms with E-state index in [1.54, 1.807) is 6.20 Å². The Morgan fingerprint density at radius 3 is 3.00 bits per heavy atom. The summed E-state index contributed by atoms with van der Waals surface area (Å²) in [5, 5.41) is 4.38. The van der Waals surface area contributed by atoms with Gasteiger partial charge in [0.25, 0.3) is 0 Å². The number of nitrogens with two attached hydrogens (primary N) is 1. The van der Waals surface area contributed by atoms with E-state index in [4.69, 9.17) is 5.73 Å². The van der Waals surface area contributed by atoms with Crippen LogP contribution >= 0.6 is 0 Å². The molecule has 0 aromatic carbocycles. The third kappa shape index (κ3) is 2.55. The molecule has 2 heterocycles. The molecule has 0 bridgehead atoms. The topological polar surface area (TPSA) is 59.5 Å². The summed E-state index contributed by atoms with van der Waals surface area (Å²) >= 11 is 0. The summed E-state index contributed by atoms with van der Waals surface area (Å²) in [6, 6.07) is 2.26. The van der Waals surface area contributed by atoms with Gasteiger partial charge in [0.1, 0.15) is 5.52 Å². The van der Waals surface area contributed by atoms with E-state index in [1.807, 2.05) is 37.7 Å². The van der Waals surface area contributed by atoms with Crippen molar-refractivity contribution in [2.45, 2.75) is 26.3 Å². The fourth-order valence-electron chi connectivity index (χ4n) is 1.83. The summed E-state index contributed by atoms with van der Waals surface area (Å²) in [5.74, 6) is 0.953. The van der Waals surface area contributed by atoms with Gasteiger partial charge in [-0.25, -0.2) is 9.50 Å². The van der Waals surface area contributed by atoms with E-state index in [1.165, 1.54) is 0 Å². The molecule has 2 N–H and O–H groups in total. The Hall–Kier alpha value is -1.62. The molecule has 0 saturated heterocycles. The highest BCUT2D eigenvalue weighted by Crippen LogP contribution is 2.18. The number of nitrogens with zero attached hydrogens (tertiary/aromatic N) is 4. The van der Waals surface area contributed by atoms with Gasteiger partial charge in [0.15, 0.2) is 5.82 Å². The van der Waals surface area contributed by atoms with E-state index in [-0.39, 0.29) is 6.04 Å². The van der Waals surface area contributed by atoms with Crippen LogP contribution in [0.15, 0.2) is 18.5 Å². The number of anilines is 1. The SMILES string of the molecule is Cc1cc2c(N(C)CCC(C)N)nccn2n1. The predicted molar refractivity (Wildman–Crippen MR) is 69.3 cm³/mol. The molecule has 1 atom stereocenters. The Labute approximate surface area is 101 Å². The first-order chi connectivity index (χ1) is 8.08. The van der Waals surface area contributed by atoms with Gasteiger partial charge in [0.2, 0.25) is 0 Å². The van der Waals surface area contributed by atoms with Gasteiger partial charge in [-0.05, 0) is 26.3 Å². The molecule has 2 rings (SSSR count). The molecule has 2 aromatic heterocycles. The van der Waals surface area contributed by atoms with Crippen LogP contribution in [0, 0.1) is 6.92 Å². The number of fused-ring (bicyclic) bond motifs is 1. The van der Waals surface area contributed by atoms with Crippen molar-refractivity contribution < 1.29 is 0 Å². The summed E-state index contributed by atoms with van der Waals surface area (Å²) in [6.07, 6.45) is 4.59. The summed E-state index contributed by atoms with van der Waals surface area (Å²) in [7, 11) is 2.03. The van der Waals surface area contributed by atoms with Crippen LogP contribution in [0.3, 0.4) is 0 Å². The van der Waals surface area contributed by atoms with Gasteiger partial charge in [-0.1, -0.05) is 0 Å². The molecule has 0 aliphatic heterocycles. The minimum atomic E-state index is 0.212. The first-order valence-electron chi connectivity index (χ1n) is 5.85. The Morgan fingerprint density at radius 1 is 1.53 bits per heavy atom. The molecule has 5 heteroatoms. The third-order valence-electron chi connectivity index (χ3n) is 2.77. The maximum atomic E-state index is 5.77. The number of aryl methyl sites for hydroxylation is 1. The average molecular weight is 233 g/mol. The van der Waals surface area contributed by atoms with E-state index in [0.717, 1.165) is 30.0 Å². The quantitative estimate of drug-likeness (QED) is 0.862. The van der Waals surface area contributed by atoms with E-state index in [9.17, 15) is 0 Å². The molecular formula is C12H19N5. The molecule has 1 unspecified atom stereocenters. The minimum Gasteiger partial charge on any atom is -0.358 e. The summed E-state index contributed by atoms with van der Waals surface area (Å²) in [5.41, 5.74) is 7.81. The lowest BCUT2D eigenvalue weighted by Crippen LogP contribution is -2.26. The van der Waals surface area contributed by atoms with Crippen molar-refractivity contribution >= 4 is 11.3 Å². The van der Waals surface area contributed by atoms with E-state index < -0.39 is 0 Å². The van der Waals surface area contributed by atoms with Crippen molar-refractivity contribution in [3.05, 3.63) is 24.2 Å². The van der Waals surface area contributed by atoms with Crippen LogP contribution in [0.4, 0.5) is 5.82 Å². The van der Waals surface area contributed by atoms with Gasteiger partial charge in [-0.3, -0.25) is 0 Å². The third-order valence-corrected chi connectivity index (χ3v) is 2.77. The molecule has 0 radical (unpaired) electrons. The fraction of sp³-hybridized carbons (Fsp3) is 0.500. The van der Waals surface area contributed by atoms with E-state index in [2.05, 4.69) is 15.0 Å². The Balaban J connectivity index is 2.28. The normalized spacial score (nSPS) is 12.9. The molecule has 5 nitrogen and oxygen atoms in total. The van der Waals surface area contributed by atoms with Crippen LogP contribution in [-0.2, 0) is 0 Å². The van der Waals surface area contributed by atoms with Gasteiger partial charge in [0, 0.05) is 32.0 Å². The Morgan fingerprint density at radius 2 is 2.29 bits per heavy atom. The van der Waals surface area contributed by atoms with Crippen LogP contribution in [-0.4, -0.2) is 34.2 Å². The van der Waals surface area contributed by atoms with Crippen LogP contribution in [0.25, 0.3) is 5.52 Å². The predicted octanol–water partition coefficient (Wildman–Crippen LogP) is 1.21. The van der Waals surface area contributed by atoms with Gasteiger partial charge < -0.3 is 10.6 Å². The lowest BCUT2D eigenvalue weighted by atomic mass is 10.2. The monoisotopic (exact) mass is 233 g/mol. The first-order valence-corrected chi connectivity index (χ1v) is 5.85. The molecule has 0 fully saturated rings. The largest absolute Gasteiger partial charge is 0.358 e. The maximum Gasteiger partial charge on any atom is 0.154 e. The molecule has 0 amide bonds. The molecular weight excluding hydrogens is 214 g/mol. The van der Waals surface area contributed by atoms with Crippen LogP contribution in [0.2, 0.25) is 0 Å². The molecule has 17 heavy (non-hydrogen) atoms. The Kier molecular flexibility index (Phi) is 3.28. The number of rotatable bonds is 4. The number of hydrogen-bond donors (Lipinski definition) is 1. The van der Waals surface area contributed by atoms with Crippen molar-refractivity contribution in [1.29, 1.82) is 0 Å². The van der Waals surface area contributed by atoms with E-state index >= 15 is 0 Å². The summed E-state index contributed by atoms with van der Waals surface area (Å²) in [4.78, 5) is 6.55. The van der Waals surface area contributed by atoms with Crippen molar-refractivity contribution in [2.75, 3.05) is 18.5 Å². The molecule has 2 aromatic rings. The molecule has 92 valence electrons. The molecule has 0 spiro atoms. The summed E-state index contributed by atoms with van der Waals surface area (Å²) in [6.45, 7) is 4.90. The van der Waals surface area contributed by atoms with Crippen LogP contribution in [0.5, 0.6) is 0 Å². The van der Waals surface area contributed by atoms with Crippen molar-refractivity contribution in [2.24, 2.45) is 5.73 Å². The second kappa shape index (κ2) is 4.71. The zero-order valence-corrected chi connectivity index (χ0v) is 10.6. The standard InChI is InChI=1S/C12H19N5/c1-9(13)4-6-16(3)12-11-8-10(2)15-17(11)7-5-14-12/h5,7-9H,4,6,13H2,1-3H3. The first kappa shape index (κ1) is 11.9. The van der Waals surface area contributed by atoms with Crippen molar-refractivity contribution in [3.8, 4) is 0 Å². The highest BCUT2D eigenvalue weighted by atomic mass is 15.3. The lowest BCUT2D eigenvalue weighted by Gasteiger charge is -2.19. The van der Waals surface area contributed by atoms with Crippen molar-refractivity contribution in [1.82, 2.24) is 14.6 Å². The van der Waals surface area contributed by atoms with Crippen LogP contribution in [0.1, 0.15) is 19.0 Å². The number of hydrogen-bond acceptors (Lipinski definition) is 4. The highest BCUT2D eigenvalue weighted by molar-refractivity contribution is 5.68. The van der Waals surface area contributed by atoms with Gasteiger partial charge in [-0.2, -0.15) is 5.10 Å². The van der Waals surface area contributed by atoms with Gasteiger partial charge in [0.05, 0.1) is 5.69 Å². The number of aromatic nitrogens is 3.